The maximum absolute atomic E-state index is 16.7. The summed E-state index contributed by atoms with van der Waals surface area (Å²) in [6.45, 7) is 7.41. The first kappa shape index (κ1) is 30.0. The highest BCUT2D eigenvalue weighted by Gasteiger charge is 2.59. The van der Waals surface area contributed by atoms with Gasteiger partial charge in [-0.15, -0.1) is 0 Å². The molecule has 0 bridgehead atoms. The Morgan fingerprint density at radius 3 is 2.23 bits per heavy atom. The summed E-state index contributed by atoms with van der Waals surface area (Å²) in [6.07, 6.45) is 2.53. The number of carbonyl (C=O) groups is 2. The van der Waals surface area contributed by atoms with E-state index < -0.39 is 47.1 Å². The Labute approximate surface area is 259 Å². The van der Waals surface area contributed by atoms with Gasteiger partial charge in [0.2, 0.25) is 5.91 Å². The summed E-state index contributed by atoms with van der Waals surface area (Å²) < 4.78 is 35.6. The predicted molar refractivity (Wildman–Crippen MR) is 160 cm³/mol. The molecule has 0 radical (unpaired) electrons. The molecule has 2 amide bonds. The molecule has 2 fully saturated rings. The Bertz CT molecular complexity index is 1600. The van der Waals surface area contributed by atoms with Crippen molar-refractivity contribution in [1.29, 1.82) is 0 Å². The molecule has 1 atom stereocenters. The summed E-state index contributed by atoms with van der Waals surface area (Å²) in [4.78, 5) is 32.6. The first-order chi connectivity index (χ1) is 20.2. The molecule has 3 aliphatic rings. The molecule has 1 aliphatic carbocycles. The molecule has 0 spiro atoms. The lowest BCUT2D eigenvalue weighted by atomic mass is 9.77. The molecule has 1 saturated carbocycles. The molecular formula is C31H31BCl2FN3O5. The van der Waals surface area contributed by atoms with Crippen molar-refractivity contribution in [3.05, 3.63) is 93.0 Å². The van der Waals surface area contributed by atoms with Gasteiger partial charge in [-0.2, -0.15) is 0 Å². The van der Waals surface area contributed by atoms with Crippen LogP contribution >= 0.6 is 23.2 Å². The fourth-order valence-corrected chi connectivity index (χ4v) is 5.83. The Kier molecular flexibility index (Phi) is 7.18. The minimum absolute atomic E-state index is 0.00863. The number of amides is 2. The lowest BCUT2D eigenvalue weighted by Crippen LogP contribution is -2.48. The first-order valence-electron chi connectivity index (χ1n) is 14.0. The van der Waals surface area contributed by atoms with Crippen LogP contribution in [0.3, 0.4) is 0 Å². The highest BCUT2D eigenvalue weighted by Crippen LogP contribution is 2.52. The second-order valence-corrected chi connectivity index (χ2v) is 13.3. The number of nitrogens with two attached hydrogens (primary N) is 1. The smallest absolute Gasteiger partial charge is 0.399 e. The number of nitrogens with zero attached hydrogens (tertiary/aromatic N) is 2. The number of primary amides is 1. The van der Waals surface area contributed by atoms with E-state index in [0.717, 1.165) is 0 Å². The van der Waals surface area contributed by atoms with Crippen LogP contribution in [0.5, 0.6) is 0 Å². The van der Waals surface area contributed by atoms with E-state index in [2.05, 4.69) is 4.98 Å². The Hall–Kier alpha value is -3.02. The van der Waals surface area contributed by atoms with Crippen molar-refractivity contribution in [3.63, 3.8) is 0 Å². The van der Waals surface area contributed by atoms with Crippen LogP contribution in [-0.4, -0.2) is 46.6 Å². The molecule has 43 heavy (non-hydrogen) atoms. The molecule has 1 saturated heterocycles. The zero-order chi connectivity index (χ0) is 30.9. The molecule has 2 aliphatic heterocycles. The molecule has 12 heteroatoms. The van der Waals surface area contributed by atoms with Gasteiger partial charge in [0, 0.05) is 16.8 Å². The molecule has 3 aromatic rings. The Morgan fingerprint density at radius 1 is 1.05 bits per heavy atom. The molecule has 1 aromatic heterocycles. The minimum Gasteiger partial charge on any atom is -0.399 e. The third kappa shape index (κ3) is 4.93. The topological polar surface area (TPSA) is 104 Å². The first-order valence-corrected chi connectivity index (χ1v) is 14.8. The Balaban J connectivity index is 1.53. The van der Waals surface area contributed by atoms with Crippen LogP contribution in [0.1, 0.15) is 67.7 Å². The van der Waals surface area contributed by atoms with Crippen molar-refractivity contribution in [2.24, 2.45) is 11.1 Å². The molecule has 2 N–H and O–H groups in total. The lowest BCUT2D eigenvalue weighted by molar-refractivity contribution is -0.142. The van der Waals surface area contributed by atoms with E-state index in [1.54, 1.807) is 42.5 Å². The fraction of sp³-hybridized carbons (Fsp3) is 0.387. The van der Waals surface area contributed by atoms with Gasteiger partial charge in [-0.05, 0) is 82.4 Å². The van der Waals surface area contributed by atoms with Crippen molar-refractivity contribution < 1.29 is 28.0 Å². The molecule has 6 rings (SSSR count). The number of hydrogen-bond donors (Lipinski definition) is 1. The van der Waals surface area contributed by atoms with Gasteiger partial charge in [-0.3, -0.25) is 19.5 Å². The number of benzene rings is 2. The van der Waals surface area contributed by atoms with E-state index in [1.807, 2.05) is 27.7 Å². The maximum Gasteiger partial charge on any atom is 0.494 e. The van der Waals surface area contributed by atoms with Crippen molar-refractivity contribution in [1.82, 2.24) is 9.88 Å². The van der Waals surface area contributed by atoms with Crippen LogP contribution in [0.25, 0.3) is 0 Å². The van der Waals surface area contributed by atoms with E-state index in [4.69, 9.17) is 43.0 Å². The zero-order valence-electron chi connectivity index (χ0n) is 24.2. The van der Waals surface area contributed by atoms with Gasteiger partial charge in [0.15, 0.2) is 5.72 Å². The third-order valence-corrected chi connectivity index (χ3v) is 9.59. The highest BCUT2D eigenvalue weighted by atomic mass is 35.5. The van der Waals surface area contributed by atoms with Crippen LogP contribution in [-0.2, 0) is 31.1 Å². The van der Waals surface area contributed by atoms with Gasteiger partial charge in [0.1, 0.15) is 5.82 Å². The van der Waals surface area contributed by atoms with E-state index in [1.165, 1.54) is 17.2 Å². The predicted octanol–water partition coefficient (Wildman–Crippen LogP) is 4.97. The zero-order valence-corrected chi connectivity index (χ0v) is 25.8. The normalized spacial score (nSPS) is 23.0. The summed E-state index contributed by atoms with van der Waals surface area (Å²) >= 11 is 12.3. The van der Waals surface area contributed by atoms with Gasteiger partial charge >= 0.3 is 7.12 Å². The van der Waals surface area contributed by atoms with E-state index in [0.29, 0.717) is 39.6 Å². The van der Waals surface area contributed by atoms with Gasteiger partial charge in [-0.25, -0.2) is 4.39 Å². The number of fused-ring (bicyclic) bond motifs is 1. The van der Waals surface area contributed by atoms with Gasteiger partial charge < -0.3 is 19.8 Å². The van der Waals surface area contributed by atoms with Crippen molar-refractivity contribution in [2.45, 2.75) is 64.0 Å². The second-order valence-electron chi connectivity index (χ2n) is 12.5. The SMILES string of the molecule is CC1(C)OB(c2cc(F)c3c(c2)C(=O)N(Cc2ccc(Cl)cn2)C3(OCC2(C(N)=O)CC2)c2ccc(Cl)cc2)OC1(C)C. The van der Waals surface area contributed by atoms with E-state index >= 15 is 4.39 Å². The molecule has 3 heterocycles. The van der Waals surface area contributed by atoms with Gasteiger partial charge in [0.05, 0.1) is 51.6 Å². The second kappa shape index (κ2) is 10.3. The average Bonchev–Trinajstić information content (AvgIpc) is 3.66. The monoisotopic (exact) mass is 625 g/mol. The number of aromatic nitrogens is 1. The van der Waals surface area contributed by atoms with Crippen LogP contribution in [0, 0.1) is 11.2 Å². The van der Waals surface area contributed by atoms with Crippen LogP contribution < -0.4 is 11.2 Å². The largest absolute Gasteiger partial charge is 0.494 e. The molecule has 224 valence electrons. The maximum atomic E-state index is 16.7. The number of carbonyl (C=O) groups excluding carboxylic acids is 2. The third-order valence-electron chi connectivity index (χ3n) is 9.11. The number of rotatable bonds is 8. The summed E-state index contributed by atoms with van der Waals surface area (Å²) in [5, 5.41) is 0.872. The fourth-order valence-electron chi connectivity index (χ4n) is 5.59. The summed E-state index contributed by atoms with van der Waals surface area (Å²) in [7, 11) is -0.903. The van der Waals surface area contributed by atoms with Gasteiger partial charge in [-0.1, -0.05) is 35.3 Å². The number of pyridine rings is 1. The van der Waals surface area contributed by atoms with Crippen LogP contribution in [0.2, 0.25) is 10.0 Å². The molecule has 2 aromatic carbocycles. The molecular weight excluding hydrogens is 595 g/mol. The lowest BCUT2D eigenvalue weighted by Gasteiger charge is -2.40. The van der Waals surface area contributed by atoms with E-state index in [-0.39, 0.29) is 24.3 Å². The molecule has 8 nitrogen and oxygen atoms in total. The van der Waals surface area contributed by atoms with Crippen LogP contribution in [0.4, 0.5) is 4.39 Å². The molecule has 1 unspecified atom stereocenters. The standard InChI is InChI=1S/C31H31BCl2FN3O5/c1-28(2)29(3,4)43-32(42-28)19-13-23-25(24(35)14-19)31(18-5-7-20(33)8-6-18,41-17-30(11-12-30)27(36)40)38(26(23)39)16-22-10-9-21(34)15-37-22/h5-10,13-15H,11-12,16-17H2,1-4H3,(H2,36,40). The van der Waals surface area contributed by atoms with E-state index in [9.17, 15) is 9.59 Å². The average molecular weight is 626 g/mol. The van der Waals surface area contributed by atoms with Gasteiger partial charge in [0.25, 0.3) is 5.91 Å². The van der Waals surface area contributed by atoms with Crippen LogP contribution in [0.15, 0.2) is 54.7 Å². The number of halogens is 3. The highest BCUT2D eigenvalue weighted by molar-refractivity contribution is 6.62. The van der Waals surface area contributed by atoms with Crippen molar-refractivity contribution >= 4 is 47.6 Å². The van der Waals surface area contributed by atoms with Crippen molar-refractivity contribution in [2.75, 3.05) is 6.61 Å². The summed E-state index contributed by atoms with van der Waals surface area (Å²) in [5.74, 6) is -1.70. The summed E-state index contributed by atoms with van der Waals surface area (Å²) in [5.41, 5.74) is 3.09. The quantitative estimate of drug-likeness (QED) is 0.355. The number of hydrogen-bond acceptors (Lipinski definition) is 6. The number of ether oxygens (including phenoxy) is 1. The Morgan fingerprint density at radius 2 is 1.67 bits per heavy atom. The summed E-state index contributed by atoms with van der Waals surface area (Å²) in [6, 6.07) is 12.9. The van der Waals surface area contributed by atoms with Crippen molar-refractivity contribution in [3.8, 4) is 0 Å². The minimum atomic E-state index is -1.78.